The number of piperidine rings is 1. The number of carbonyl (C=O) groups excluding carboxylic acids is 1. The van der Waals surface area contributed by atoms with Gasteiger partial charge in [0.15, 0.2) is 5.13 Å². The summed E-state index contributed by atoms with van der Waals surface area (Å²) in [6.07, 6.45) is 5.32. The predicted octanol–water partition coefficient (Wildman–Crippen LogP) is 6.01. The number of hydrogen-bond acceptors (Lipinski definition) is 6. The van der Waals surface area contributed by atoms with Crippen LogP contribution in [0.4, 0.5) is 16.6 Å². The fourth-order valence-corrected chi connectivity index (χ4v) is 4.88. The highest BCUT2D eigenvalue weighted by atomic mass is 32.1. The summed E-state index contributed by atoms with van der Waals surface area (Å²) in [6, 6.07) is 17.9. The Balaban J connectivity index is 1.34. The lowest BCUT2D eigenvalue weighted by Gasteiger charge is -2.27. The molecule has 2 aromatic heterocycles. The fraction of sp³-hybridized carbons (Fsp3) is 0.222. The van der Waals surface area contributed by atoms with Gasteiger partial charge < -0.3 is 16.0 Å². The Morgan fingerprint density at radius 3 is 2.50 bits per heavy atom. The van der Waals surface area contributed by atoms with Crippen LogP contribution >= 0.6 is 11.3 Å². The summed E-state index contributed by atoms with van der Waals surface area (Å²) in [4.78, 5) is 24.1. The van der Waals surface area contributed by atoms with Crippen molar-refractivity contribution in [2.45, 2.75) is 26.2 Å². The molecule has 4 aromatic rings. The average molecular weight is 470 g/mol. The van der Waals surface area contributed by atoms with E-state index >= 15 is 0 Å². The highest BCUT2D eigenvalue weighted by molar-refractivity contribution is 7.13. The van der Waals surface area contributed by atoms with E-state index in [-0.39, 0.29) is 5.91 Å². The molecule has 1 aliphatic rings. The van der Waals surface area contributed by atoms with Gasteiger partial charge in [-0.1, -0.05) is 30.3 Å². The molecule has 2 aromatic carbocycles. The minimum absolute atomic E-state index is 0.132. The number of pyridine rings is 1. The summed E-state index contributed by atoms with van der Waals surface area (Å²) in [5.74, 6) is 0.742. The standard InChI is InChI=1S/C27H27N5OS/c1-18-5-10-22(16-23(18)19-6-8-20(9-7-19)24-17-34-27(28)31-24)30-26(33)21-11-12-29-25(15-21)32-13-3-2-4-14-32/h5-12,15-17H,2-4,13-14H2,1H3,(H2,28,31)(H,30,33). The van der Waals surface area contributed by atoms with E-state index in [0.29, 0.717) is 10.7 Å². The maximum atomic E-state index is 13.0. The zero-order chi connectivity index (χ0) is 23.5. The van der Waals surface area contributed by atoms with Crippen molar-refractivity contribution in [3.8, 4) is 22.4 Å². The number of aryl methyl sites for hydroxylation is 1. The smallest absolute Gasteiger partial charge is 0.255 e. The zero-order valence-corrected chi connectivity index (χ0v) is 19.9. The van der Waals surface area contributed by atoms with Crippen molar-refractivity contribution < 1.29 is 4.79 Å². The van der Waals surface area contributed by atoms with Gasteiger partial charge in [0.05, 0.1) is 5.69 Å². The maximum absolute atomic E-state index is 13.0. The van der Waals surface area contributed by atoms with Gasteiger partial charge in [-0.3, -0.25) is 4.79 Å². The van der Waals surface area contributed by atoms with Gasteiger partial charge in [-0.05, 0) is 67.1 Å². The third kappa shape index (κ3) is 4.79. The molecule has 0 spiro atoms. The Morgan fingerprint density at radius 2 is 1.76 bits per heavy atom. The number of nitrogens with zero attached hydrogens (tertiary/aromatic N) is 3. The number of nitrogen functional groups attached to an aromatic ring is 1. The molecule has 0 bridgehead atoms. The molecular weight excluding hydrogens is 442 g/mol. The number of aromatic nitrogens is 2. The molecule has 5 rings (SSSR count). The number of anilines is 3. The van der Waals surface area contributed by atoms with Gasteiger partial charge in [0, 0.05) is 41.5 Å². The molecule has 1 amide bonds. The first-order valence-corrected chi connectivity index (χ1v) is 12.4. The summed E-state index contributed by atoms with van der Waals surface area (Å²) >= 11 is 1.44. The van der Waals surface area contributed by atoms with E-state index < -0.39 is 0 Å². The van der Waals surface area contributed by atoms with Crippen LogP contribution in [0.1, 0.15) is 35.2 Å². The van der Waals surface area contributed by atoms with Crippen LogP contribution in [0.15, 0.2) is 66.2 Å². The SMILES string of the molecule is Cc1ccc(NC(=O)c2ccnc(N3CCCCC3)c2)cc1-c1ccc(-c2csc(N)n2)cc1. The summed E-state index contributed by atoms with van der Waals surface area (Å²) in [5, 5.41) is 5.58. The average Bonchev–Trinajstić information content (AvgIpc) is 3.32. The van der Waals surface area contributed by atoms with E-state index in [0.717, 1.165) is 52.5 Å². The van der Waals surface area contributed by atoms with E-state index in [2.05, 4.69) is 39.2 Å². The minimum Gasteiger partial charge on any atom is -0.375 e. The summed E-state index contributed by atoms with van der Waals surface area (Å²) in [7, 11) is 0. The van der Waals surface area contributed by atoms with Crippen LogP contribution < -0.4 is 16.0 Å². The van der Waals surface area contributed by atoms with Gasteiger partial charge in [0.1, 0.15) is 5.82 Å². The first-order chi connectivity index (χ1) is 16.6. The largest absolute Gasteiger partial charge is 0.375 e. The topological polar surface area (TPSA) is 84.1 Å². The number of benzene rings is 2. The molecule has 0 radical (unpaired) electrons. The van der Waals surface area contributed by atoms with E-state index in [1.807, 2.05) is 41.8 Å². The molecule has 34 heavy (non-hydrogen) atoms. The van der Waals surface area contributed by atoms with Crippen molar-refractivity contribution in [3.63, 3.8) is 0 Å². The normalized spacial score (nSPS) is 13.6. The highest BCUT2D eigenvalue weighted by Crippen LogP contribution is 2.30. The van der Waals surface area contributed by atoms with Gasteiger partial charge in [-0.25, -0.2) is 9.97 Å². The van der Waals surface area contributed by atoms with Crippen LogP contribution in [0.25, 0.3) is 22.4 Å². The Morgan fingerprint density at radius 1 is 1.00 bits per heavy atom. The molecule has 3 N–H and O–H groups in total. The van der Waals surface area contributed by atoms with Crippen molar-refractivity contribution in [1.29, 1.82) is 0 Å². The van der Waals surface area contributed by atoms with Crippen molar-refractivity contribution in [2.24, 2.45) is 0 Å². The molecule has 0 atom stereocenters. The molecule has 6 nitrogen and oxygen atoms in total. The molecule has 0 aliphatic carbocycles. The summed E-state index contributed by atoms with van der Waals surface area (Å²) in [5.41, 5.74) is 12.4. The Bertz CT molecular complexity index is 1310. The minimum atomic E-state index is -0.132. The second kappa shape index (κ2) is 9.65. The quantitative estimate of drug-likeness (QED) is 0.374. The Labute approximate surface area is 203 Å². The molecular formula is C27H27N5OS. The second-order valence-corrected chi connectivity index (χ2v) is 9.47. The van der Waals surface area contributed by atoms with Crippen LogP contribution in [0.3, 0.4) is 0 Å². The van der Waals surface area contributed by atoms with E-state index in [4.69, 9.17) is 5.73 Å². The first kappa shape index (κ1) is 22.1. The van der Waals surface area contributed by atoms with E-state index in [9.17, 15) is 4.79 Å². The fourth-order valence-electron chi connectivity index (χ4n) is 4.31. The van der Waals surface area contributed by atoms with Crippen LogP contribution in [-0.2, 0) is 0 Å². The van der Waals surface area contributed by atoms with Crippen molar-refractivity contribution in [2.75, 3.05) is 29.0 Å². The number of hydrogen-bond donors (Lipinski definition) is 2. The third-order valence-electron chi connectivity index (χ3n) is 6.20. The number of carbonyl (C=O) groups is 1. The zero-order valence-electron chi connectivity index (χ0n) is 19.1. The Kier molecular flexibility index (Phi) is 6.27. The van der Waals surface area contributed by atoms with Crippen LogP contribution in [0, 0.1) is 6.92 Å². The number of amides is 1. The lowest BCUT2D eigenvalue weighted by atomic mass is 9.98. The Hall–Kier alpha value is -3.71. The van der Waals surface area contributed by atoms with Crippen molar-refractivity contribution in [3.05, 3.63) is 77.3 Å². The molecule has 3 heterocycles. The lowest BCUT2D eigenvalue weighted by molar-refractivity contribution is 0.102. The number of nitrogens with two attached hydrogens (primary N) is 1. The molecule has 1 saturated heterocycles. The van der Waals surface area contributed by atoms with Crippen LogP contribution in [-0.4, -0.2) is 29.0 Å². The van der Waals surface area contributed by atoms with Gasteiger partial charge >= 0.3 is 0 Å². The molecule has 0 unspecified atom stereocenters. The van der Waals surface area contributed by atoms with E-state index in [1.165, 1.54) is 30.6 Å². The van der Waals surface area contributed by atoms with Gasteiger partial charge in [0.25, 0.3) is 5.91 Å². The molecule has 172 valence electrons. The van der Waals surface area contributed by atoms with E-state index in [1.54, 1.807) is 12.3 Å². The molecule has 7 heteroatoms. The number of rotatable bonds is 5. The summed E-state index contributed by atoms with van der Waals surface area (Å²) < 4.78 is 0. The predicted molar refractivity (Wildman–Crippen MR) is 140 cm³/mol. The monoisotopic (exact) mass is 469 g/mol. The van der Waals surface area contributed by atoms with Crippen molar-refractivity contribution in [1.82, 2.24) is 9.97 Å². The van der Waals surface area contributed by atoms with Crippen LogP contribution in [0.2, 0.25) is 0 Å². The maximum Gasteiger partial charge on any atom is 0.255 e. The lowest BCUT2D eigenvalue weighted by Crippen LogP contribution is -2.30. The van der Waals surface area contributed by atoms with Gasteiger partial charge in [-0.2, -0.15) is 0 Å². The molecule has 1 aliphatic heterocycles. The number of thiazole rings is 1. The van der Waals surface area contributed by atoms with Gasteiger partial charge in [0.2, 0.25) is 0 Å². The second-order valence-electron chi connectivity index (χ2n) is 8.58. The summed E-state index contributed by atoms with van der Waals surface area (Å²) in [6.45, 7) is 4.06. The van der Waals surface area contributed by atoms with Gasteiger partial charge in [-0.15, -0.1) is 11.3 Å². The molecule has 1 fully saturated rings. The molecule has 0 saturated carbocycles. The third-order valence-corrected chi connectivity index (χ3v) is 6.87. The highest BCUT2D eigenvalue weighted by Gasteiger charge is 2.15. The van der Waals surface area contributed by atoms with Crippen LogP contribution in [0.5, 0.6) is 0 Å². The number of nitrogens with one attached hydrogen (secondary N) is 1. The van der Waals surface area contributed by atoms with Crippen molar-refractivity contribution >= 4 is 33.9 Å². The first-order valence-electron chi connectivity index (χ1n) is 11.5.